The van der Waals surface area contributed by atoms with Crippen molar-refractivity contribution >= 4 is 11.6 Å². The molecular weight excluding hydrogens is 306 g/mol. The predicted octanol–water partition coefficient (Wildman–Crippen LogP) is 2.60. The number of aromatic hydroxyl groups is 1. The summed E-state index contributed by atoms with van der Waals surface area (Å²) in [6.45, 7) is 4.12. The zero-order chi connectivity index (χ0) is 17.3. The monoisotopic (exact) mass is 325 g/mol. The molecule has 24 heavy (non-hydrogen) atoms. The second-order valence-corrected chi connectivity index (χ2v) is 5.67. The van der Waals surface area contributed by atoms with Gasteiger partial charge in [0.1, 0.15) is 11.3 Å². The maximum absolute atomic E-state index is 12.6. The molecule has 0 aliphatic carbocycles. The second-order valence-electron chi connectivity index (χ2n) is 5.67. The van der Waals surface area contributed by atoms with Gasteiger partial charge >= 0.3 is 0 Å². The van der Waals surface area contributed by atoms with E-state index in [1.54, 1.807) is 22.6 Å². The minimum atomic E-state index is -0.197. The second kappa shape index (κ2) is 6.23. The number of phenols is 1. The Bertz CT molecular complexity index is 915. The number of methoxy groups -OCH3 is 1. The third kappa shape index (κ3) is 2.90. The Morgan fingerprint density at radius 1 is 1.29 bits per heavy atom. The van der Waals surface area contributed by atoms with Gasteiger partial charge in [-0.2, -0.15) is 0 Å². The number of aromatic nitrogens is 2. The van der Waals surface area contributed by atoms with Gasteiger partial charge in [-0.1, -0.05) is 12.1 Å². The number of nitrogens with one attached hydrogen (secondary N) is 1. The highest BCUT2D eigenvalue weighted by molar-refractivity contribution is 5.94. The highest BCUT2D eigenvalue weighted by Gasteiger charge is 2.16. The number of benzene rings is 1. The van der Waals surface area contributed by atoms with Crippen LogP contribution < -0.4 is 10.1 Å². The summed E-state index contributed by atoms with van der Waals surface area (Å²) < 4.78 is 6.88. The van der Waals surface area contributed by atoms with Crippen molar-refractivity contribution in [2.24, 2.45) is 0 Å². The number of pyridine rings is 1. The van der Waals surface area contributed by atoms with E-state index in [9.17, 15) is 9.90 Å². The third-order valence-corrected chi connectivity index (χ3v) is 3.85. The molecule has 0 saturated heterocycles. The number of amides is 1. The van der Waals surface area contributed by atoms with E-state index in [1.807, 2.05) is 32.2 Å². The van der Waals surface area contributed by atoms with Gasteiger partial charge < -0.3 is 15.2 Å². The molecule has 0 radical (unpaired) electrons. The zero-order valence-corrected chi connectivity index (χ0v) is 13.8. The van der Waals surface area contributed by atoms with Crippen molar-refractivity contribution in [1.82, 2.24) is 14.7 Å². The number of carbonyl (C=O) groups is 1. The van der Waals surface area contributed by atoms with Crippen LogP contribution in [0, 0.1) is 13.8 Å². The quantitative estimate of drug-likeness (QED) is 0.773. The molecule has 0 aliphatic heterocycles. The molecule has 2 heterocycles. The highest BCUT2D eigenvalue weighted by atomic mass is 16.5. The molecule has 0 atom stereocenters. The Hall–Kier alpha value is -3.02. The van der Waals surface area contributed by atoms with Crippen LogP contribution in [0.1, 0.15) is 27.3 Å². The van der Waals surface area contributed by atoms with Gasteiger partial charge in [-0.3, -0.25) is 9.20 Å². The van der Waals surface area contributed by atoms with Gasteiger partial charge in [0.2, 0.25) is 0 Å². The van der Waals surface area contributed by atoms with Crippen molar-refractivity contribution in [3.63, 3.8) is 0 Å². The fraction of sp³-hybridized carbons (Fsp3) is 0.222. The number of hydrogen-bond donors (Lipinski definition) is 2. The lowest BCUT2D eigenvalue weighted by Crippen LogP contribution is -2.25. The number of fused-ring (bicyclic) bond motifs is 1. The van der Waals surface area contributed by atoms with Crippen LogP contribution in [0.4, 0.5) is 0 Å². The lowest BCUT2D eigenvalue weighted by Gasteiger charge is -2.09. The zero-order valence-electron chi connectivity index (χ0n) is 13.8. The summed E-state index contributed by atoms with van der Waals surface area (Å²) in [6.07, 6.45) is 1.90. The summed E-state index contributed by atoms with van der Waals surface area (Å²) in [6, 6.07) is 8.84. The molecule has 0 fully saturated rings. The molecule has 3 aromatic rings. The summed E-state index contributed by atoms with van der Waals surface area (Å²) in [5, 5.41) is 12.5. The lowest BCUT2D eigenvalue weighted by molar-refractivity contribution is 0.0944. The van der Waals surface area contributed by atoms with E-state index in [4.69, 9.17) is 4.74 Å². The van der Waals surface area contributed by atoms with Gasteiger partial charge in [0.15, 0.2) is 11.5 Å². The van der Waals surface area contributed by atoms with Crippen molar-refractivity contribution in [2.45, 2.75) is 20.4 Å². The molecule has 0 spiro atoms. The van der Waals surface area contributed by atoms with Gasteiger partial charge in [-0.05, 0) is 43.2 Å². The number of hydrogen-bond acceptors (Lipinski definition) is 4. The van der Waals surface area contributed by atoms with Crippen molar-refractivity contribution in [3.8, 4) is 11.5 Å². The van der Waals surface area contributed by atoms with E-state index in [0.717, 1.165) is 16.8 Å². The maximum atomic E-state index is 12.6. The minimum absolute atomic E-state index is 0.0701. The molecule has 1 aromatic carbocycles. The fourth-order valence-electron chi connectivity index (χ4n) is 2.64. The summed E-state index contributed by atoms with van der Waals surface area (Å²) in [5.41, 5.74) is 3.84. The summed E-state index contributed by atoms with van der Waals surface area (Å²) >= 11 is 0. The predicted molar refractivity (Wildman–Crippen MR) is 90.5 cm³/mol. The minimum Gasteiger partial charge on any atom is -0.504 e. The van der Waals surface area contributed by atoms with E-state index in [1.165, 1.54) is 7.11 Å². The topological polar surface area (TPSA) is 75.9 Å². The van der Waals surface area contributed by atoms with E-state index >= 15 is 0 Å². The smallest absolute Gasteiger partial charge is 0.270 e. The average Bonchev–Trinajstić information content (AvgIpc) is 2.89. The molecule has 0 aliphatic rings. The van der Waals surface area contributed by atoms with Gasteiger partial charge in [-0.25, -0.2) is 4.98 Å². The molecule has 1 amide bonds. The van der Waals surface area contributed by atoms with E-state index in [-0.39, 0.29) is 11.7 Å². The largest absolute Gasteiger partial charge is 0.504 e. The van der Waals surface area contributed by atoms with Crippen LogP contribution in [0.25, 0.3) is 5.65 Å². The molecule has 3 rings (SSSR count). The van der Waals surface area contributed by atoms with Crippen molar-refractivity contribution in [2.75, 3.05) is 7.11 Å². The molecule has 6 heteroatoms. The van der Waals surface area contributed by atoms with E-state index < -0.39 is 0 Å². The molecule has 0 unspecified atom stereocenters. The van der Waals surface area contributed by atoms with Crippen LogP contribution >= 0.6 is 0 Å². The van der Waals surface area contributed by atoms with E-state index in [0.29, 0.717) is 23.7 Å². The van der Waals surface area contributed by atoms with E-state index in [2.05, 4.69) is 10.3 Å². The first kappa shape index (κ1) is 15.9. The number of aryl methyl sites for hydroxylation is 2. The number of imidazole rings is 1. The number of phenolic OH excluding ortho intramolecular Hbond substituents is 1. The first-order chi connectivity index (χ1) is 11.5. The van der Waals surface area contributed by atoms with Crippen LogP contribution in [0.5, 0.6) is 11.5 Å². The molecule has 0 saturated carbocycles. The number of carbonyl (C=O) groups excluding carboxylic acids is 1. The Morgan fingerprint density at radius 3 is 2.83 bits per heavy atom. The average molecular weight is 325 g/mol. The first-order valence-electron chi connectivity index (χ1n) is 7.59. The molecule has 6 nitrogen and oxygen atoms in total. The van der Waals surface area contributed by atoms with Crippen LogP contribution in [0.15, 0.2) is 36.5 Å². The molecular formula is C18H19N3O3. The van der Waals surface area contributed by atoms with Crippen LogP contribution in [0.3, 0.4) is 0 Å². The Morgan fingerprint density at radius 2 is 2.08 bits per heavy atom. The number of nitrogens with zero attached hydrogens (tertiary/aromatic N) is 2. The summed E-state index contributed by atoms with van der Waals surface area (Å²) in [4.78, 5) is 17.0. The van der Waals surface area contributed by atoms with Gasteiger partial charge in [0.05, 0.1) is 12.8 Å². The molecule has 124 valence electrons. The summed E-state index contributed by atoms with van der Waals surface area (Å²) in [7, 11) is 1.49. The Labute approximate surface area is 139 Å². The van der Waals surface area contributed by atoms with Crippen LogP contribution in [-0.4, -0.2) is 27.5 Å². The van der Waals surface area contributed by atoms with Crippen LogP contribution in [0.2, 0.25) is 0 Å². The number of rotatable bonds is 4. The summed E-state index contributed by atoms with van der Waals surface area (Å²) in [5.74, 6) is 0.252. The van der Waals surface area contributed by atoms with Crippen molar-refractivity contribution in [1.29, 1.82) is 0 Å². The highest BCUT2D eigenvalue weighted by Crippen LogP contribution is 2.26. The Balaban J connectivity index is 1.83. The lowest BCUT2D eigenvalue weighted by atomic mass is 10.2. The molecule has 2 N–H and O–H groups in total. The SMILES string of the molecule is COc1cc(CNC(=O)c2c(C)nc3ccc(C)cn23)ccc1O. The normalized spacial score (nSPS) is 10.8. The van der Waals surface area contributed by atoms with Gasteiger partial charge in [0.25, 0.3) is 5.91 Å². The first-order valence-corrected chi connectivity index (χ1v) is 7.59. The fourth-order valence-corrected chi connectivity index (χ4v) is 2.64. The molecule has 2 aromatic heterocycles. The maximum Gasteiger partial charge on any atom is 0.270 e. The van der Waals surface area contributed by atoms with Gasteiger partial charge in [-0.15, -0.1) is 0 Å². The number of ether oxygens (including phenoxy) is 1. The van der Waals surface area contributed by atoms with Gasteiger partial charge in [0, 0.05) is 12.7 Å². The molecule has 0 bridgehead atoms. The van der Waals surface area contributed by atoms with Crippen LogP contribution in [-0.2, 0) is 6.54 Å². The standard InChI is InChI=1S/C18H19N3O3/c1-11-4-7-16-20-12(2)17(21(16)10-11)18(23)19-9-13-5-6-14(22)15(8-13)24-3/h4-8,10,22H,9H2,1-3H3,(H,19,23). The third-order valence-electron chi connectivity index (χ3n) is 3.85. The van der Waals surface area contributed by atoms with Crippen molar-refractivity contribution in [3.05, 3.63) is 59.0 Å². The Kier molecular flexibility index (Phi) is 4.12. The van der Waals surface area contributed by atoms with Crippen molar-refractivity contribution < 1.29 is 14.6 Å².